The van der Waals surface area contributed by atoms with E-state index >= 15 is 0 Å². The first kappa shape index (κ1) is 14.1. The molecule has 1 heterocycles. The summed E-state index contributed by atoms with van der Waals surface area (Å²) in [6, 6.07) is 0. The second-order valence-electron chi connectivity index (χ2n) is 5.67. The molecule has 1 aliphatic carbocycles. The molecular formula is C14H23N3O2. The first-order chi connectivity index (χ1) is 9.12. The van der Waals surface area contributed by atoms with E-state index in [1.54, 1.807) is 12.5 Å². The van der Waals surface area contributed by atoms with Crippen molar-refractivity contribution >= 4 is 5.97 Å². The van der Waals surface area contributed by atoms with E-state index in [0.29, 0.717) is 6.42 Å². The van der Waals surface area contributed by atoms with Gasteiger partial charge in [0.2, 0.25) is 0 Å². The van der Waals surface area contributed by atoms with Crippen LogP contribution in [-0.4, -0.2) is 26.6 Å². The maximum Gasteiger partial charge on any atom is 0.308 e. The molecular weight excluding hydrogens is 242 g/mol. The predicted octanol–water partition coefficient (Wildman–Crippen LogP) is 2.09. The summed E-state index contributed by atoms with van der Waals surface area (Å²) in [6.45, 7) is 0. The van der Waals surface area contributed by atoms with Gasteiger partial charge in [-0.15, -0.1) is 0 Å². The van der Waals surface area contributed by atoms with Gasteiger partial charge in [0.25, 0.3) is 0 Å². The standard InChI is InChI=1S/C14H23N3O2/c15-14(6-4-2-1-3-5-7-14)12(13(18)19)8-11-9-16-10-17-11/h9-10,12H,1-8,15H2,(H,16,17)(H,18,19). The Morgan fingerprint density at radius 3 is 2.53 bits per heavy atom. The molecule has 0 saturated heterocycles. The van der Waals surface area contributed by atoms with E-state index in [1.165, 1.54) is 6.42 Å². The summed E-state index contributed by atoms with van der Waals surface area (Å²) in [6.07, 6.45) is 10.9. The molecule has 19 heavy (non-hydrogen) atoms. The molecule has 0 radical (unpaired) electrons. The molecule has 1 aliphatic rings. The van der Waals surface area contributed by atoms with Crippen LogP contribution >= 0.6 is 0 Å². The van der Waals surface area contributed by atoms with E-state index in [-0.39, 0.29) is 0 Å². The number of hydrogen-bond donors (Lipinski definition) is 3. The quantitative estimate of drug-likeness (QED) is 0.777. The van der Waals surface area contributed by atoms with E-state index in [4.69, 9.17) is 5.73 Å². The predicted molar refractivity (Wildman–Crippen MR) is 72.7 cm³/mol. The third-order valence-electron chi connectivity index (χ3n) is 4.26. The van der Waals surface area contributed by atoms with Crippen molar-refractivity contribution in [3.8, 4) is 0 Å². The molecule has 0 spiro atoms. The Balaban J connectivity index is 2.13. The summed E-state index contributed by atoms with van der Waals surface area (Å²) < 4.78 is 0. The molecule has 1 saturated carbocycles. The lowest BCUT2D eigenvalue weighted by atomic mass is 9.73. The van der Waals surface area contributed by atoms with Crippen LogP contribution in [0, 0.1) is 5.92 Å². The fraction of sp³-hybridized carbons (Fsp3) is 0.714. The van der Waals surface area contributed by atoms with Crippen molar-refractivity contribution in [2.24, 2.45) is 11.7 Å². The first-order valence-corrected chi connectivity index (χ1v) is 7.11. The van der Waals surface area contributed by atoms with Gasteiger partial charge in [0, 0.05) is 23.9 Å². The van der Waals surface area contributed by atoms with Crippen LogP contribution in [-0.2, 0) is 11.2 Å². The highest BCUT2D eigenvalue weighted by Crippen LogP contribution is 2.32. The number of carboxylic acid groups (broad SMARTS) is 1. The number of nitrogens with zero attached hydrogens (tertiary/aromatic N) is 1. The number of aliphatic carboxylic acids is 1. The summed E-state index contributed by atoms with van der Waals surface area (Å²) in [4.78, 5) is 18.5. The van der Waals surface area contributed by atoms with Crippen molar-refractivity contribution in [3.05, 3.63) is 18.2 Å². The third-order valence-corrected chi connectivity index (χ3v) is 4.26. The number of aromatic amines is 1. The molecule has 1 aromatic rings. The Kier molecular flexibility index (Phi) is 4.58. The highest BCUT2D eigenvalue weighted by atomic mass is 16.4. The molecule has 5 heteroatoms. The Morgan fingerprint density at radius 1 is 1.37 bits per heavy atom. The Hall–Kier alpha value is -1.36. The second kappa shape index (κ2) is 6.19. The van der Waals surface area contributed by atoms with E-state index in [2.05, 4.69) is 9.97 Å². The minimum absolute atomic E-state index is 0.436. The molecule has 0 aliphatic heterocycles. The zero-order chi connectivity index (χ0) is 13.7. The van der Waals surface area contributed by atoms with Gasteiger partial charge in [-0.25, -0.2) is 4.98 Å². The van der Waals surface area contributed by atoms with Crippen molar-refractivity contribution in [2.75, 3.05) is 0 Å². The maximum atomic E-state index is 11.6. The molecule has 0 amide bonds. The van der Waals surface area contributed by atoms with E-state index in [1.807, 2.05) is 0 Å². The lowest BCUT2D eigenvalue weighted by Gasteiger charge is -2.36. The molecule has 0 aromatic carbocycles. The molecule has 1 aromatic heterocycles. The van der Waals surface area contributed by atoms with Crippen molar-refractivity contribution in [1.29, 1.82) is 0 Å². The van der Waals surface area contributed by atoms with Crippen LogP contribution in [0.25, 0.3) is 0 Å². The van der Waals surface area contributed by atoms with Crippen LogP contribution in [0.5, 0.6) is 0 Å². The van der Waals surface area contributed by atoms with Crippen molar-refractivity contribution in [2.45, 2.75) is 56.9 Å². The van der Waals surface area contributed by atoms with Gasteiger partial charge in [-0.05, 0) is 12.8 Å². The lowest BCUT2D eigenvalue weighted by molar-refractivity contribution is -0.144. The number of H-pyrrole nitrogens is 1. The fourth-order valence-electron chi connectivity index (χ4n) is 3.06. The normalized spacial score (nSPS) is 21.3. The number of nitrogens with one attached hydrogen (secondary N) is 1. The minimum Gasteiger partial charge on any atom is -0.481 e. The van der Waals surface area contributed by atoms with E-state index in [0.717, 1.165) is 44.2 Å². The number of carbonyl (C=O) groups is 1. The molecule has 0 bridgehead atoms. The number of nitrogens with two attached hydrogens (primary N) is 1. The minimum atomic E-state index is -0.794. The largest absolute Gasteiger partial charge is 0.481 e. The molecule has 2 rings (SSSR count). The van der Waals surface area contributed by atoms with E-state index < -0.39 is 17.4 Å². The van der Waals surface area contributed by atoms with Crippen molar-refractivity contribution in [1.82, 2.24) is 9.97 Å². The summed E-state index contributed by atoms with van der Waals surface area (Å²) in [7, 11) is 0. The van der Waals surface area contributed by atoms with Crippen LogP contribution in [0.3, 0.4) is 0 Å². The van der Waals surface area contributed by atoms with Gasteiger partial charge in [0.15, 0.2) is 0 Å². The summed E-state index contributed by atoms with van der Waals surface area (Å²) in [5.41, 5.74) is 6.74. The van der Waals surface area contributed by atoms with Gasteiger partial charge in [-0.3, -0.25) is 4.79 Å². The molecule has 106 valence electrons. The molecule has 1 atom stereocenters. The molecule has 1 unspecified atom stereocenters. The first-order valence-electron chi connectivity index (χ1n) is 7.11. The number of rotatable bonds is 4. The summed E-state index contributed by atoms with van der Waals surface area (Å²) >= 11 is 0. The number of aromatic nitrogens is 2. The Labute approximate surface area is 113 Å². The van der Waals surface area contributed by atoms with Gasteiger partial charge >= 0.3 is 5.97 Å². The van der Waals surface area contributed by atoms with Crippen molar-refractivity contribution in [3.63, 3.8) is 0 Å². The highest BCUT2D eigenvalue weighted by molar-refractivity contribution is 5.72. The Morgan fingerprint density at radius 2 is 2.00 bits per heavy atom. The third kappa shape index (κ3) is 3.56. The second-order valence-corrected chi connectivity index (χ2v) is 5.67. The lowest BCUT2D eigenvalue weighted by Crippen LogP contribution is -2.51. The smallest absolute Gasteiger partial charge is 0.308 e. The summed E-state index contributed by atoms with van der Waals surface area (Å²) in [5, 5.41) is 9.54. The number of hydrogen-bond acceptors (Lipinski definition) is 3. The van der Waals surface area contributed by atoms with Crippen LogP contribution in [0.2, 0.25) is 0 Å². The van der Waals surface area contributed by atoms with Gasteiger partial charge < -0.3 is 15.8 Å². The molecule has 1 fully saturated rings. The van der Waals surface area contributed by atoms with E-state index in [9.17, 15) is 9.90 Å². The van der Waals surface area contributed by atoms with Crippen LogP contribution < -0.4 is 5.73 Å². The number of carboxylic acids is 1. The van der Waals surface area contributed by atoms with Crippen LogP contribution in [0.4, 0.5) is 0 Å². The van der Waals surface area contributed by atoms with Gasteiger partial charge in [0.1, 0.15) is 0 Å². The monoisotopic (exact) mass is 265 g/mol. The summed E-state index contributed by atoms with van der Waals surface area (Å²) in [5.74, 6) is -1.33. The van der Waals surface area contributed by atoms with Gasteiger partial charge in [-0.1, -0.05) is 32.1 Å². The SMILES string of the molecule is NC1(C(Cc2cnc[nH]2)C(=O)O)CCCCCCC1. The maximum absolute atomic E-state index is 11.6. The fourth-order valence-corrected chi connectivity index (χ4v) is 3.06. The molecule has 5 nitrogen and oxygen atoms in total. The average molecular weight is 265 g/mol. The zero-order valence-corrected chi connectivity index (χ0v) is 11.3. The number of imidazole rings is 1. The van der Waals surface area contributed by atoms with Crippen molar-refractivity contribution < 1.29 is 9.90 Å². The van der Waals surface area contributed by atoms with Crippen LogP contribution in [0.15, 0.2) is 12.5 Å². The van der Waals surface area contributed by atoms with Crippen LogP contribution in [0.1, 0.15) is 50.6 Å². The van der Waals surface area contributed by atoms with Gasteiger partial charge in [0.05, 0.1) is 12.2 Å². The Bertz CT molecular complexity index is 395. The van der Waals surface area contributed by atoms with Gasteiger partial charge in [-0.2, -0.15) is 0 Å². The topological polar surface area (TPSA) is 92.0 Å². The average Bonchev–Trinajstić information content (AvgIpc) is 2.84. The zero-order valence-electron chi connectivity index (χ0n) is 11.3. The highest BCUT2D eigenvalue weighted by Gasteiger charge is 2.39. The molecule has 4 N–H and O–H groups in total.